The molecule has 0 atom stereocenters. The summed E-state index contributed by atoms with van der Waals surface area (Å²) in [5.41, 5.74) is 2.62. The minimum absolute atomic E-state index is 0.228. The molecule has 0 saturated heterocycles. The van der Waals surface area contributed by atoms with E-state index in [1.807, 2.05) is 0 Å². The molecule has 27 heavy (non-hydrogen) atoms. The molecule has 0 amide bonds. The van der Waals surface area contributed by atoms with E-state index in [0.717, 1.165) is 48.3 Å². The molecular weight excluding hydrogens is 368 g/mol. The van der Waals surface area contributed by atoms with Crippen LogP contribution in [0.5, 0.6) is 5.75 Å². The third-order valence-corrected chi connectivity index (χ3v) is 7.22. The Morgan fingerprint density at radius 3 is 2.67 bits per heavy atom. The fraction of sp³-hybridized carbons (Fsp3) is 0.526. The minimum Gasteiger partial charge on any atom is -0.496 e. The van der Waals surface area contributed by atoms with Gasteiger partial charge in [-0.2, -0.15) is 4.31 Å². The first-order chi connectivity index (χ1) is 13.0. The van der Waals surface area contributed by atoms with Gasteiger partial charge in [0.05, 0.1) is 24.2 Å². The van der Waals surface area contributed by atoms with E-state index in [0.29, 0.717) is 29.4 Å². The third-order valence-electron chi connectivity index (χ3n) is 5.29. The van der Waals surface area contributed by atoms with Crippen LogP contribution in [-0.4, -0.2) is 38.5 Å². The van der Waals surface area contributed by atoms with E-state index < -0.39 is 10.0 Å². The number of hydrogen-bond donors (Lipinski definition) is 0. The Labute approximate surface area is 159 Å². The standard InChI is InChI=1S/C19H24N2O5S/c1-24-12-19-20-15-11-21(10-9-17(15)26-19)27(22,23)18-8-7-16(25-2)13-5-3-4-6-14(13)18/h7-8H,3-6,9-12H2,1-2H3. The Kier molecular flexibility index (Phi) is 4.96. The van der Waals surface area contributed by atoms with Gasteiger partial charge in [-0.05, 0) is 48.9 Å². The van der Waals surface area contributed by atoms with Crippen LogP contribution in [-0.2, 0) is 47.2 Å². The van der Waals surface area contributed by atoms with Gasteiger partial charge >= 0.3 is 0 Å². The molecule has 4 rings (SSSR count). The Balaban J connectivity index is 1.68. The quantitative estimate of drug-likeness (QED) is 0.777. The lowest BCUT2D eigenvalue weighted by atomic mass is 9.91. The van der Waals surface area contributed by atoms with E-state index >= 15 is 0 Å². The topological polar surface area (TPSA) is 81.9 Å². The Morgan fingerprint density at radius 2 is 1.93 bits per heavy atom. The molecule has 1 aromatic heterocycles. The largest absolute Gasteiger partial charge is 0.496 e. The smallest absolute Gasteiger partial charge is 0.243 e. The zero-order valence-corrected chi connectivity index (χ0v) is 16.5. The first-order valence-corrected chi connectivity index (χ1v) is 10.6. The summed E-state index contributed by atoms with van der Waals surface area (Å²) in [6.45, 7) is 0.898. The van der Waals surface area contributed by atoms with Gasteiger partial charge in [0.25, 0.3) is 0 Å². The lowest BCUT2D eigenvalue weighted by molar-refractivity contribution is 0.158. The first-order valence-electron chi connectivity index (χ1n) is 9.20. The van der Waals surface area contributed by atoms with Gasteiger partial charge in [-0.3, -0.25) is 0 Å². The maximum Gasteiger partial charge on any atom is 0.243 e. The van der Waals surface area contributed by atoms with Gasteiger partial charge in [-0.1, -0.05) is 0 Å². The predicted octanol–water partition coefficient (Wildman–Crippen LogP) is 2.46. The van der Waals surface area contributed by atoms with Crippen LogP contribution in [0.25, 0.3) is 0 Å². The zero-order valence-electron chi connectivity index (χ0n) is 15.7. The molecule has 0 radical (unpaired) electrons. The van der Waals surface area contributed by atoms with Crippen LogP contribution in [0.3, 0.4) is 0 Å². The molecule has 146 valence electrons. The molecule has 2 heterocycles. The van der Waals surface area contributed by atoms with Crippen molar-refractivity contribution >= 4 is 10.0 Å². The van der Waals surface area contributed by atoms with Crippen molar-refractivity contribution < 1.29 is 22.3 Å². The lowest BCUT2D eigenvalue weighted by Gasteiger charge is -2.28. The lowest BCUT2D eigenvalue weighted by Crippen LogP contribution is -2.36. The van der Waals surface area contributed by atoms with Gasteiger partial charge in [-0.25, -0.2) is 13.4 Å². The third kappa shape index (κ3) is 3.26. The van der Waals surface area contributed by atoms with Crippen molar-refractivity contribution in [1.29, 1.82) is 0 Å². The van der Waals surface area contributed by atoms with Crippen LogP contribution in [0.1, 0.15) is 41.3 Å². The number of rotatable bonds is 5. The van der Waals surface area contributed by atoms with Gasteiger partial charge < -0.3 is 13.9 Å². The van der Waals surface area contributed by atoms with Gasteiger partial charge in [0.1, 0.15) is 18.1 Å². The Hall–Kier alpha value is -1.90. The van der Waals surface area contributed by atoms with Gasteiger partial charge in [0.15, 0.2) is 0 Å². The summed E-state index contributed by atoms with van der Waals surface area (Å²) in [6, 6.07) is 3.46. The molecule has 1 aliphatic carbocycles. The first kappa shape index (κ1) is 18.5. The van der Waals surface area contributed by atoms with Crippen LogP contribution in [0, 0.1) is 0 Å². The van der Waals surface area contributed by atoms with Gasteiger partial charge in [0, 0.05) is 20.1 Å². The predicted molar refractivity (Wildman–Crippen MR) is 98.2 cm³/mol. The number of hydrogen-bond acceptors (Lipinski definition) is 6. The van der Waals surface area contributed by atoms with Crippen LogP contribution in [0.15, 0.2) is 21.4 Å². The molecule has 0 N–H and O–H groups in total. The molecule has 2 aromatic rings. The summed E-state index contributed by atoms with van der Waals surface area (Å²) >= 11 is 0. The molecule has 0 bridgehead atoms. The van der Waals surface area contributed by atoms with Crippen molar-refractivity contribution in [1.82, 2.24) is 9.29 Å². The summed E-state index contributed by atoms with van der Waals surface area (Å²) in [7, 11) is -0.402. The highest BCUT2D eigenvalue weighted by molar-refractivity contribution is 7.89. The van der Waals surface area contributed by atoms with E-state index in [2.05, 4.69) is 4.98 Å². The number of oxazole rings is 1. The number of nitrogens with zero attached hydrogens (tertiary/aromatic N) is 2. The van der Waals surface area contributed by atoms with Crippen molar-refractivity contribution in [2.75, 3.05) is 20.8 Å². The van der Waals surface area contributed by atoms with Crippen LogP contribution in [0.4, 0.5) is 0 Å². The second kappa shape index (κ2) is 7.26. The van der Waals surface area contributed by atoms with E-state index in [-0.39, 0.29) is 13.2 Å². The minimum atomic E-state index is -3.61. The molecule has 2 aliphatic rings. The molecule has 1 aliphatic heterocycles. The summed E-state index contributed by atoms with van der Waals surface area (Å²) in [6.07, 6.45) is 4.19. The molecule has 8 heteroatoms. The number of fused-ring (bicyclic) bond motifs is 2. The molecular formula is C19H24N2O5S. The van der Waals surface area contributed by atoms with E-state index in [4.69, 9.17) is 13.9 Å². The molecule has 0 unspecified atom stereocenters. The summed E-state index contributed by atoms with van der Waals surface area (Å²) in [4.78, 5) is 4.80. The number of methoxy groups -OCH3 is 2. The van der Waals surface area contributed by atoms with Crippen molar-refractivity contribution in [3.8, 4) is 5.75 Å². The fourth-order valence-electron chi connectivity index (χ4n) is 3.99. The Bertz CT molecular complexity index is 951. The molecule has 0 saturated carbocycles. The number of aromatic nitrogens is 1. The van der Waals surface area contributed by atoms with Crippen molar-refractivity contribution in [3.63, 3.8) is 0 Å². The summed E-state index contributed by atoms with van der Waals surface area (Å²) < 4.78 is 44.5. The van der Waals surface area contributed by atoms with Crippen LogP contribution in [0.2, 0.25) is 0 Å². The zero-order chi connectivity index (χ0) is 19.0. The van der Waals surface area contributed by atoms with Gasteiger partial charge in [0.2, 0.25) is 15.9 Å². The van der Waals surface area contributed by atoms with Crippen LogP contribution >= 0.6 is 0 Å². The SMILES string of the molecule is COCc1nc2c(o1)CCN(S(=O)(=O)c1ccc(OC)c3c1CCCC3)C2. The number of ether oxygens (including phenoxy) is 2. The van der Waals surface area contributed by atoms with E-state index in [9.17, 15) is 8.42 Å². The normalized spacial score (nSPS) is 17.4. The fourth-order valence-corrected chi connectivity index (χ4v) is 5.67. The van der Waals surface area contributed by atoms with E-state index in [1.54, 1.807) is 26.4 Å². The highest BCUT2D eigenvalue weighted by atomic mass is 32.2. The van der Waals surface area contributed by atoms with Crippen molar-refractivity contribution in [2.45, 2.75) is 50.2 Å². The average molecular weight is 392 g/mol. The monoisotopic (exact) mass is 392 g/mol. The van der Waals surface area contributed by atoms with Crippen molar-refractivity contribution in [3.05, 3.63) is 40.6 Å². The summed E-state index contributed by atoms with van der Waals surface area (Å²) in [5.74, 6) is 2.03. The summed E-state index contributed by atoms with van der Waals surface area (Å²) in [5, 5.41) is 0. The molecule has 1 aromatic carbocycles. The number of sulfonamides is 1. The Morgan fingerprint density at radius 1 is 1.15 bits per heavy atom. The second-order valence-electron chi connectivity index (χ2n) is 6.93. The second-order valence-corrected chi connectivity index (χ2v) is 8.84. The number of benzene rings is 1. The molecule has 7 nitrogen and oxygen atoms in total. The van der Waals surface area contributed by atoms with Crippen LogP contribution < -0.4 is 4.74 Å². The highest BCUT2D eigenvalue weighted by Crippen LogP contribution is 2.36. The maximum absolute atomic E-state index is 13.4. The molecule has 0 fully saturated rings. The van der Waals surface area contributed by atoms with Crippen molar-refractivity contribution in [2.24, 2.45) is 0 Å². The van der Waals surface area contributed by atoms with E-state index in [1.165, 1.54) is 4.31 Å². The highest BCUT2D eigenvalue weighted by Gasteiger charge is 2.34. The average Bonchev–Trinajstić information content (AvgIpc) is 3.09. The molecule has 0 spiro atoms. The van der Waals surface area contributed by atoms with Gasteiger partial charge in [-0.15, -0.1) is 0 Å². The maximum atomic E-state index is 13.4.